The normalized spacial score (nSPS) is 10.5. The molecule has 0 aliphatic carbocycles. The van der Waals surface area contributed by atoms with Gasteiger partial charge in [0.25, 0.3) is 0 Å². The number of benzene rings is 1. The lowest BCUT2D eigenvalue weighted by Crippen LogP contribution is -1.79. The van der Waals surface area contributed by atoms with Crippen LogP contribution in [0.1, 0.15) is 0 Å². The van der Waals surface area contributed by atoms with Gasteiger partial charge in [-0.2, -0.15) is 0 Å². The van der Waals surface area contributed by atoms with Crippen LogP contribution in [0.15, 0.2) is 35.1 Å². The highest BCUT2D eigenvalue weighted by atomic mass is 79.9. The van der Waals surface area contributed by atoms with Gasteiger partial charge in [0.15, 0.2) is 0 Å². The van der Waals surface area contributed by atoms with Gasteiger partial charge in [-0.1, -0.05) is 0 Å². The van der Waals surface area contributed by atoms with E-state index in [1.807, 2.05) is 0 Å². The topological polar surface area (TPSA) is 12.9 Å². The van der Waals surface area contributed by atoms with E-state index in [2.05, 4.69) is 20.9 Å². The molecule has 0 bridgehead atoms. The molecule has 0 saturated carbocycles. The van der Waals surface area contributed by atoms with E-state index in [1.54, 1.807) is 18.3 Å². The van der Waals surface area contributed by atoms with Crippen molar-refractivity contribution in [2.45, 2.75) is 0 Å². The van der Waals surface area contributed by atoms with Crippen molar-refractivity contribution in [1.29, 1.82) is 0 Å². The third-order valence-electron chi connectivity index (χ3n) is 1.65. The predicted octanol–water partition coefficient (Wildman–Crippen LogP) is 3.14. The molecular formula is C9H5BrFN. The Morgan fingerprint density at radius 2 is 2.00 bits per heavy atom. The Morgan fingerprint density at radius 3 is 2.83 bits per heavy atom. The second kappa shape index (κ2) is 2.83. The minimum absolute atomic E-state index is 0.222. The summed E-state index contributed by atoms with van der Waals surface area (Å²) in [6.07, 6.45) is 1.71. The number of hydrogen-bond acceptors (Lipinski definition) is 1. The molecule has 1 heterocycles. The van der Waals surface area contributed by atoms with Gasteiger partial charge in [0.2, 0.25) is 0 Å². The van der Waals surface area contributed by atoms with Crippen molar-refractivity contribution in [3.05, 3.63) is 40.9 Å². The smallest absolute Gasteiger partial charge is 0.123 e. The first-order chi connectivity index (χ1) is 5.75. The summed E-state index contributed by atoms with van der Waals surface area (Å²) in [5.74, 6) is -0.222. The maximum absolute atomic E-state index is 12.7. The number of halogens is 2. The standard InChI is InChI=1S/C9H5BrFN/c10-9-4-7-3-8(11)2-1-6(7)5-12-9/h1-5H. The maximum Gasteiger partial charge on any atom is 0.123 e. The molecule has 1 aromatic carbocycles. The summed E-state index contributed by atoms with van der Waals surface area (Å²) in [6.45, 7) is 0. The molecule has 0 spiro atoms. The van der Waals surface area contributed by atoms with Crippen LogP contribution < -0.4 is 0 Å². The Hall–Kier alpha value is -0.960. The van der Waals surface area contributed by atoms with Gasteiger partial charge in [0.1, 0.15) is 10.4 Å². The fourth-order valence-corrected chi connectivity index (χ4v) is 1.43. The van der Waals surface area contributed by atoms with Crippen molar-refractivity contribution < 1.29 is 4.39 Å². The van der Waals surface area contributed by atoms with Crippen LogP contribution in [0.2, 0.25) is 0 Å². The average Bonchev–Trinajstić information content (AvgIpc) is 2.03. The second-order valence-electron chi connectivity index (χ2n) is 2.50. The van der Waals surface area contributed by atoms with Crippen molar-refractivity contribution in [1.82, 2.24) is 4.98 Å². The fraction of sp³-hybridized carbons (Fsp3) is 0. The lowest BCUT2D eigenvalue weighted by molar-refractivity contribution is 0.629. The molecule has 0 fully saturated rings. The van der Waals surface area contributed by atoms with E-state index in [0.29, 0.717) is 0 Å². The molecule has 0 saturated heterocycles. The van der Waals surface area contributed by atoms with E-state index in [9.17, 15) is 4.39 Å². The van der Waals surface area contributed by atoms with Gasteiger partial charge < -0.3 is 0 Å². The number of hydrogen-bond donors (Lipinski definition) is 0. The number of aromatic nitrogens is 1. The Morgan fingerprint density at radius 1 is 1.17 bits per heavy atom. The van der Waals surface area contributed by atoms with Gasteiger partial charge >= 0.3 is 0 Å². The Balaban J connectivity index is 2.80. The molecule has 2 rings (SSSR count). The van der Waals surface area contributed by atoms with Crippen LogP contribution in [0.3, 0.4) is 0 Å². The van der Waals surface area contributed by atoms with Crippen molar-refractivity contribution in [3.63, 3.8) is 0 Å². The zero-order valence-corrected chi connectivity index (χ0v) is 7.68. The molecule has 0 atom stereocenters. The SMILES string of the molecule is Fc1ccc2cnc(Br)cc2c1. The van der Waals surface area contributed by atoms with E-state index in [4.69, 9.17) is 0 Å². The fourth-order valence-electron chi connectivity index (χ4n) is 1.08. The largest absolute Gasteiger partial charge is 0.249 e. The van der Waals surface area contributed by atoms with Crippen LogP contribution in [0.25, 0.3) is 10.8 Å². The van der Waals surface area contributed by atoms with Crippen LogP contribution in [0.4, 0.5) is 4.39 Å². The molecule has 1 nitrogen and oxygen atoms in total. The third kappa shape index (κ3) is 1.32. The minimum Gasteiger partial charge on any atom is -0.249 e. The highest BCUT2D eigenvalue weighted by Gasteiger charge is 1.96. The molecule has 0 radical (unpaired) electrons. The van der Waals surface area contributed by atoms with Gasteiger partial charge in [-0.15, -0.1) is 0 Å². The molecule has 3 heteroatoms. The molecule has 0 aliphatic heterocycles. The zero-order valence-electron chi connectivity index (χ0n) is 6.09. The monoisotopic (exact) mass is 225 g/mol. The van der Waals surface area contributed by atoms with E-state index >= 15 is 0 Å². The molecule has 1 aromatic heterocycles. The molecule has 0 aliphatic rings. The molecular weight excluding hydrogens is 221 g/mol. The molecule has 0 unspecified atom stereocenters. The number of fused-ring (bicyclic) bond motifs is 1. The predicted molar refractivity (Wildman–Crippen MR) is 49.4 cm³/mol. The Bertz CT molecular complexity index is 391. The van der Waals surface area contributed by atoms with Gasteiger partial charge in [0.05, 0.1) is 0 Å². The zero-order chi connectivity index (χ0) is 8.55. The molecule has 0 N–H and O–H groups in total. The quantitative estimate of drug-likeness (QED) is 0.629. The van der Waals surface area contributed by atoms with E-state index in [0.717, 1.165) is 15.4 Å². The highest BCUT2D eigenvalue weighted by Crippen LogP contribution is 2.17. The first-order valence-corrected chi connectivity index (χ1v) is 4.26. The Labute approximate surface area is 77.4 Å². The summed E-state index contributed by atoms with van der Waals surface area (Å²) >= 11 is 3.22. The lowest BCUT2D eigenvalue weighted by atomic mass is 10.2. The van der Waals surface area contributed by atoms with Crippen LogP contribution in [0, 0.1) is 5.82 Å². The highest BCUT2D eigenvalue weighted by molar-refractivity contribution is 9.10. The molecule has 60 valence electrons. The van der Waals surface area contributed by atoms with Crippen LogP contribution >= 0.6 is 15.9 Å². The van der Waals surface area contributed by atoms with Gasteiger partial charge in [0, 0.05) is 11.6 Å². The van der Waals surface area contributed by atoms with Crippen LogP contribution in [-0.4, -0.2) is 4.98 Å². The summed E-state index contributed by atoms with van der Waals surface area (Å²) in [7, 11) is 0. The van der Waals surface area contributed by atoms with E-state index in [1.165, 1.54) is 12.1 Å². The second-order valence-corrected chi connectivity index (χ2v) is 3.31. The Kier molecular flexibility index (Phi) is 1.81. The summed E-state index contributed by atoms with van der Waals surface area (Å²) in [5, 5.41) is 1.80. The molecule has 12 heavy (non-hydrogen) atoms. The van der Waals surface area contributed by atoms with Gasteiger partial charge in [-0.3, -0.25) is 0 Å². The lowest BCUT2D eigenvalue weighted by Gasteiger charge is -1.96. The van der Waals surface area contributed by atoms with Crippen LogP contribution in [-0.2, 0) is 0 Å². The van der Waals surface area contributed by atoms with Crippen LogP contribution in [0.5, 0.6) is 0 Å². The first-order valence-electron chi connectivity index (χ1n) is 3.46. The number of pyridine rings is 1. The van der Waals surface area contributed by atoms with E-state index in [-0.39, 0.29) is 5.82 Å². The van der Waals surface area contributed by atoms with Crippen molar-refractivity contribution >= 4 is 26.7 Å². The van der Waals surface area contributed by atoms with Gasteiger partial charge in [-0.25, -0.2) is 9.37 Å². The van der Waals surface area contributed by atoms with Gasteiger partial charge in [-0.05, 0) is 45.6 Å². The third-order valence-corrected chi connectivity index (χ3v) is 2.08. The van der Waals surface area contributed by atoms with Crippen molar-refractivity contribution in [2.24, 2.45) is 0 Å². The summed E-state index contributed by atoms with van der Waals surface area (Å²) < 4.78 is 13.5. The minimum atomic E-state index is -0.222. The summed E-state index contributed by atoms with van der Waals surface area (Å²) in [4.78, 5) is 4.03. The number of rotatable bonds is 0. The molecule has 2 aromatic rings. The van der Waals surface area contributed by atoms with E-state index < -0.39 is 0 Å². The number of nitrogens with zero attached hydrogens (tertiary/aromatic N) is 1. The maximum atomic E-state index is 12.7. The molecule has 0 amide bonds. The van der Waals surface area contributed by atoms with Crippen molar-refractivity contribution in [3.8, 4) is 0 Å². The average molecular weight is 226 g/mol. The summed E-state index contributed by atoms with van der Waals surface area (Å²) in [6, 6.07) is 6.42. The van der Waals surface area contributed by atoms with Crippen molar-refractivity contribution in [2.75, 3.05) is 0 Å². The first kappa shape index (κ1) is 7.68. The summed E-state index contributed by atoms with van der Waals surface area (Å²) in [5.41, 5.74) is 0.